The standard InChI is InChI=1S/C18H34O3Si/c1-14(2)18(3,4)22-21-17-13-16(20)12-15(17)10-8-6-5-7-9-11-19/h12,14,17,19H,5-11,13,22H2,1-4H3. The zero-order valence-electron chi connectivity index (χ0n) is 14.9. The molecule has 0 saturated heterocycles. The molecule has 1 aliphatic rings. The lowest BCUT2D eigenvalue weighted by atomic mass is 9.99. The highest BCUT2D eigenvalue weighted by Gasteiger charge is 2.29. The normalized spacial score (nSPS) is 19.6. The van der Waals surface area contributed by atoms with Gasteiger partial charge in [-0.3, -0.25) is 4.79 Å². The highest BCUT2D eigenvalue weighted by atomic mass is 28.2. The Hall–Kier alpha value is -0.453. The second-order valence-electron chi connectivity index (χ2n) is 7.57. The summed E-state index contributed by atoms with van der Waals surface area (Å²) in [7, 11) is -0.653. The molecular formula is C18H34O3Si. The molecule has 1 unspecified atom stereocenters. The van der Waals surface area contributed by atoms with Crippen molar-refractivity contribution < 1.29 is 14.3 Å². The van der Waals surface area contributed by atoms with E-state index in [4.69, 9.17) is 9.53 Å². The van der Waals surface area contributed by atoms with E-state index in [1.54, 1.807) is 0 Å². The van der Waals surface area contributed by atoms with E-state index in [1.807, 2.05) is 6.08 Å². The number of ketones is 1. The summed E-state index contributed by atoms with van der Waals surface area (Å²) in [5.41, 5.74) is 1.22. The third-order valence-corrected chi connectivity index (χ3v) is 7.12. The second-order valence-corrected chi connectivity index (χ2v) is 10.0. The summed E-state index contributed by atoms with van der Waals surface area (Å²) >= 11 is 0. The van der Waals surface area contributed by atoms with E-state index in [1.165, 1.54) is 18.4 Å². The van der Waals surface area contributed by atoms with Gasteiger partial charge in [0.15, 0.2) is 15.5 Å². The smallest absolute Gasteiger partial charge is 0.168 e. The number of rotatable bonds is 11. The van der Waals surface area contributed by atoms with E-state index < -0.39 is 9.76 Å². The van der Waals surface area contributed by atoms with E-state index >= 15 is 0 Å². The first kappa shape index (κ1) is 19.6. The zero-order chi connectivity index (χ0) is 16.6. The molecule has 0 aromatic rings. The molecule has 0 aliphatic heterocycles. The Balaban J connectivity index is 2.34. The van der Waals surface area contributed by atoms with Gasteiger partial charge in [0.1, 0.15) is 0 Å². The fourth-order valence-corrected chi connectivity index (χ4v) is 3.82. The number of allylic oxidation sites excluding steroid dienone is 1. The maximum atomic E-state index is 11.7. The molecule has 0 saturated carbocycles. The van der Waals surface area contributed by atoms with Gasteiger partial charge in [0.05, 0.1) is 6.10 Å². The first-order chi connectivity index (χ1) is 10.4. The molecule has 0 radical (unpaired) electrons. The average molecular weight is 327 g/mol. The molecule has 0 aromatic heterocycles. The Morgan fingerprint density at radius 1 is 1.27 bits per heavy atom. The lowest BCUT2D eigenvalue weighted by Gasteiger charge is -2.30. The number of unbranched alkanes of at least 4 members (excludes halogenated alkanes) is 4. The Morgan fingerprint density at radius 2 is 1.91 bits per heavy atom. The summed E-state index contributed by atoms with van der Waals surface area (Å²) in [4.78, 5) is 11.7. The van der Waals surface area contributed by atoms with Crippen molar-refractivity contribution >= 4 is 15.5 Å². The van der Waals surface area contributed by atoms with Crippen LogP contribution in [0.2, 0.25) is 5.04 Å². The van der Waals surface area contributed by atoms with E-state index in [-0.39, 0.29) is 16.9 Å². The molecule has 128 valence electrons. The van der Waals surface area contributed by atoms with E-state index in [2.05, 4.69) is 27.7 Å². The van der Waals surface area contributed by atoms with Crippen LogP contribution >= 0.6 is 0 Å². The third-order valence-electron chi connectivity index (χ3n) is 4.99. The van der Waals surface area contributed by atoms with Gasteiger partial charge in [0.25, 0.3) is 0 Å². The number of carbonyl (C=O) groups is 1. The predicted octanol–water partition coefficient (Wildman–Crippen LogP) is 3.54. The van der Waals surface area contributed by atoms with E-state index in [9.17, 15) is 4.79 Å². The summed E-state index contributed by atoms with van der Waals surface area (Å²) in [5.74, 6) is 0.854. The van der Waals surface area contributed by atoms with Crippen LogP contribution in [0.25, 0.3) is 0 Å². The van der Waals surface area contributed by atoms with Gasteiger partial charge in [0, 0.05) is 13.0 Å². The molecule has 0 aromatic carbocycles. The molecule has 0 spiro atoms. The molecule has 0 heterocycles. The fourth-order valence-electron chi connectivity index (χ4n) is 2.52. The lowest BCUT2D eigenvalue weighted by molar-refractivity contribution is -0.114. The van der Waals surface area contributed by atoms with Gasteiger partial charge < -0.3 is 9.53 Å². The fraction of sp³-hybridized carbons (Fsp3) is 0.833. The molecule has 22 heavy (non-hydrogen) atoms. The van der Waals surface area contributed by atoms with Gasteiger partial charge in [-0.2, -0.15) is 0 Å². The maximum Gasteiger partial charge on any atom is 0.168 e. The Morgan fingerprint density at radius 3 is 2.55 bits per heavy atom. The van der Waals surface area contributed by atoms with Gasteiger partial charge in [-0.1, -0.05) is 47.0 Å². The molecule has 1 N–H and O–H groups in total. The Labute approximate surface area is 138 Å². The summed E-state index contributed by atoms with van der Waals surface area (Å²) < 4.78 is 6.22. The average Bonchev–Trinajstić information content (AvgIpc) is 2.80. The van der Waals surface area contributed by atoms with Gasteiger partial charge in [-0.25, -0.2) is 0 Å². The van der Waals surface area contributed by atoms with Crippen molar-refractivity contribution in [3.8, 4) is 0 Å². The van der Waals surface area contributed by atoms with Gasteiger partial charge in [-0.15, -0.1) is 0 Å². The lowest BCUT2D eigenvalue weighted by Crippen LogP contribution is -2.27. The molecule has 1 rings (SSSR count). The Bertz CT molecular complexity index is 375. The summed E-state index contributed by atoms with van der Waals surface area (Å²) in [6, 6.07) is 0. The first-order valence-corrected chi connectivity index (χ1v) is 10.1. The van der Waals surface area contributed by atoms with Gasteiger partial charge >= 0.3 is 0 Å². The van der Waals surface area contributed by atoms with Crippen LogP contribution in [0.5, 0.6) is 0 Å². The molecular weight excluding hydrogens is 292 g/mol. The summed E-state index contributed by atoms with van der Waals surface area (Å²) in [6.45, 7) is 9.36. The van der Waals surface area contributed by atoms with Crippen molar-refractivity contribution in [2.75, 3.05) is 6.61 Å². The minimum Gasteiger partial charge on any atom is -0.416 e. The monoisotopic (exact) mass is 326 g/mol. The number of aliphatic hydroxyl groups excluding tert-OH is 1. The van der Waals surface area contributed by atoms with Crippen molar-refractivity contribution in [1.82, 2.24) is 0 Å². The minimum atomic E-state index is -0.653. The maximum absolute atomic E-state index is 11.7. The molecule has 0 fully saturated rings. The molecule has 0 bridgehead atoms. The summed E-state index contributed by atoms with van der Waals surface area (Å²) in [5, 5.41) is 9.04. The van der Waals surface area contributed by atoms with Crippen molar-refractivity contribution in [2.24, 2.45) is 5.92 Å². The van der Waals surface area contributed by atoms with Crippen LogP contribution in [-0.4, -0.2) is 33.4 Å². The number of hydrogen-bond donors (Lipinski definition) is 1. The zero-order valence-corrected chi connectivity index (χ0v) is 16.3. The highest BCUT2D eigenvalue weighted by Crippen LogP contribution is 2.34. The van der Waals surface area contributed by atoms with Crippen LogP contribution < -0.4 is 0 Å². The van der Waals surface area contributed by atoms with Crippen molar-refractivity contribution in [3.05, 3.63) is 11.6 Å². The highest BCUT2D eigenvalue weighted by molar-refractivity contribution is 6.32. The van der Waals surface area contributed by atoms with Crippen LogP contribution in [0, 0.1) is 5.92 Å². The SMILES string of the molecule is CC(C)C(C)(C)[SiH2]OC1CC(=O)C=C1CCCCCCCO. The van der Waals surface area contributed by atoms with Crippen molar-refractivity contribution in [2.45, 2.75) is 83.8 Å². The molecule has 1 aliphatic carbocycles. The summed E-state index contributed by atoms with van der Waals surface area (Å²) in [6.07, 6.45) is 8.92. The van der Waals surface area contributed by atoms with Crippen LogP contribution in [0.15, 0.2) is 11.6 Å². The number of carbonyl (C=O) groups excluding carboxylic acids is 1. The largest absolute Gasteiger partial charge is 0.416 e. The van der Waals surface area contributed by atoms with Gasteiger partial charge in [0.2, 0.25) is 0 Å². The number of aliphatic hydroxyl groups is 1. The Kier molecular flexibility index (Phi) is 8.58. The van der Waals surface area contributed by atoms with E-state index in [0.717, 1.165) is 25.7 Å². The van der Waals surface area contributed by atoms with Crippen LogP contribution in [0.4, 0.5) is 0 Å². The second kappa shape index (κ2) is 9.63. The predicted molar refractivity (Wildman–Crippen MR) is 94.8 cm³/mol. The van der Waals surface area contributed by atoms with Gasteiger partial charge in [-0.05, 0) is 41.9 Å². The molecule has 4 heteroatoms. The van der Waals surface area contributed by atoms with E-state index in [0.29, 0.717) is 18.9 Å². The van der Waals surface area contributed by atoms with Crippen molar-refractivity contribution in [3.63, 3.8) is 0 Å². The third kappa shape index (κ3) is 6.76. The van der Waals surface area contributed by atoms with Crippen LogP contribution in [-0.2, 0) is 9.22 Å². The first-order valence-electron chi connectivity index (χ1n) is 8.82. The molecule has 3 nitrogen and oxygen atoms in total. The quantitative estimate of drug-likeness (QED) is 0.466. The topological polar surface area (TPSA) is 46.5 Å². The number of hydrogen-bond acceptors (Lipinski definition) is 3. The molecule has 0 amide bonds. The minimum absolute atomic E-state index is 0.0645. The van der Waals surface area contributed by atoms with Crippen LogP contribution in [0.3, 0.4) is 0 Å². The van der Waals surface area contributed by atoms with Crippen molar-refractivity contribution in [1.29, 1.82) is 0 Å². The van der Waals surface area contributed by atoms with Crippen LogP contribution in [0.1, 0.15) is 72.6 Å². The molecule has 1 atom stereocenters.